The molecule has 0 bridgehead atoms. The van der Waals surface area contributed by atoms with E-state index in [0.29, 0.717) is 13.1 Å². The lowest BCUT2D eigenvalue weighted by molar-refractivity contribution is -0.148. The summed E-state index contributed by atoms with van der Waals surface area (Å²) in [5.41, 5.74) is 0. The van der Waals surface area contributed by atoms with Crippen molar-refractivity contribution in [2.45, 2.75) is 13.0 Å². The molecule has 14 heavy (non-hydrogen) atoms. The van der Waals surface area contributed by atoms with Gasteiger partial charge in [-0.05, 0) is 6.92 Å². The first-order chi connectivity index (χ1) is 6.68. The van der Waals surface area contributed by atoms with Gasteiger partial charge in [0.25, 0.3) is 0 Å². The Bertz CT molecular complexity index is 320. The molecule has 0 saturated carbocycles. The van der Waals surface area contributed by atoms with Crippen molar-refractivity contribution in [3.8, 4) is 0 Å². The van der Waals surface area contributed by atoms with Gasteiger partial charge in [0, 0.05) is 24.7 Å². The number of thiazole rings is 1. The van der Waals surface area contributed by atoms with Crippen LogP contribution in [-0.4, -0.2) is 34.0 Å². The summed E-state index contributed by atoms with van der Waals surface area (Å²) in [5, 5.41) is 11.7. The zero-order valence-electron chi connectivity index (χ0n) is 7.88. The van der Waals surface area contributed by atoms with E-state index in [-0.39, 0.29) is 12.0 Å². The number of rotatable bonds is 3. The van der Waals surface area contributed by atoms with Crippen LogP contribution in [-0.2, 0) is 4.79 Å². The molecule has 0 aliphatic carbocycles. The van der Waals surface area contributed by atoms with Crippen molar-refractivity contribution in [2.24, 2.45) is 5.92 Å². The second kappa shape index (κ2) is 3.67. The van der Waals surface area contributed by atoms with Gasteiger partial charge in [-0.15, -0.1) is 11.3 Å². The Kier molecular flexibility index (Phi) is 2.52. The van der Waals surface area contributed by atoms with Crippen LogP contribution in [0.2, 0.25) is 0 Å². The second-order valence-electron chi connectivity index (χ2n) is 3.54. The molecule has 4 nitrogen and oxygen atoms in total. The zero-order chi connectivity index (χ0) is 10.1. The first kappa shape index (κ1) is 9.61. The monoisotopic (exact) mass is 212 g/mol. The van der Waals surface area contributed by atoms with Crippen LogP contribution in [0.4, 0.5) is 0 Å². The molecule has 1 atom stereocenters. The van der Waals surface area contributed by atoms with Gasteiger partial charge in [0.1, 0.15) is 5.01 Å². The quantitative estimate of drug-likeness (QED) is 0.818. The van der Waals surface area contributed by atoms with Gasteiger partial charge in [0.15, 0.2) is 0 Å². The SMILES string of the molecule is CC(c1nccs1)N1CC(C(=O)O)C1. The molecule has 0 radical (unpaired) electrons. The highest BCUT2D eigenvalue weighted by atomic mass is 32.1. The molecule has 1 N–H and O–H groups in total. The van der Waals surface area contributed by atoms with Gasteiger partial charge < -0.3 is 5.11 Å². The van der Waals surface area contributed by atoms with E-state index in [9.17, 15) is 4.79 Å². The summed E-state index contributed by atoms with van der Waals surface area (Å²) in [6.45, 7) is 3.36. The number of hydrogen-bond donors (Lipinski definition) is 1. The molecule has 76 valence electrons. The molecule has 1 saturated heterocycles. The Balaban J connectivity index is 1.91. The maximum Gasteiger partial charge on any atom is 0.309 e. The highest BCUT2D eigenvalue weighted by molar-refractivity contribution is 7.09. The van der Waals surface area contributed by atoms with E-state index < -0.39 is 5.97 Å². The average Bonchev–Trinajstić information content (AvgIpc) is 2.51. The molecule has 1 unspecified atom stereocenters. The summed E-state index contributed by atoms with van der Waals surface area (Å²) < 4.78 is 0. The predicted molar refractivity (Wildman–Crippen MR) is 53.2 cm³/mol. The van der Waals surface area contributed by atoms with Crippen LogP contribution in [0, 0.1) is 5.92 Å². The molecule has 0 spiro atoms. The highest BCUT2D eigenvalue weighted by Crippen LogP contribution is 2.29. The van der Waals surface area contributed by atoms with E-state index in [1.807, 2.05) is 5.38 Å². The average molecular weight is 212 g/mol. The fourth-order valence-corrected chi connectivity index (χ4v) is 2.31. The summed E-state index contributed by atoms with van der Waals surface area (Å²) in [6.07, 6.45) is 1.78. The van der Waals surface area contributed by atoms with Crippen LogP contribution in [0.5, 0.6) is 0 Å². The Labute approximate surface area is 86.2 Å². The second-order valence-corrected chi connectivity index (χ2v) is 4.46. The molecular weight excluding hydrogens is 200 g/mol. The maximum atomic E-state index is 10.6. The number of aliphatic carboxylic acids is 1. The fourth-order valence-electron chi connectivity index (χ4n) is 1.58. The summed E-state index contributed by atoms with van der Waals surface area (Å²) in [7, 11) is 0. The largest absolute Gasteiger partial charge is 0.481 e. The van der Waals surface area contributed by atoms with Gasteiger partial charge in [0.05, 0.1) is 12.0 Å². The number of hydrogen-bond acceptors (Lipinski definition) is 4. The summed E-state index contributed by atoms with van der Waals surface area (Å²) >= 11 is 1.62. The molecule has 2 heterocycles. The highest BCUT2D eigenvalue weighted by Gasteiger charge is 2.36. The lowest BCUT2D eigenvalue weighted by atomic mass is 9.98. The van der Waals surface area contributed by atoms with Crippen LogP contribution in [0.1, 0.15) is 18.0 Å². The van der Waals surface area contributed by atoms with E-state index in [1.54, 1.807) is 17.5 Å². The topological polar surface area (TPSA) is 53.4 Å². The molecule has 2 rings (SSSR count). The molecule has 1 aromatic heterocycles. The van der Waals surface area contributed by atoms with Gasteiger partial charge in [-0.3, -0.25) is 9.69 Å². The van der Waals surface area contributed by atoms with Crippen molar-refractivity contribution in [2.75, 3.05) is 13.1 Å². The van der Waals surface area contributed by atoms with E-state index in [1.165, 1.54) is 0 Å². The number of carboxylic acid groups (broad SMARTS) is 1. The third-order valence-corrected chi connectivity index (χ3v) is 3.56. The van der Waals surface area contributed by atoms with Crippen molar-refractivity contribution in [1.82, 2.24) is 9.88 Å². The summed E-state index contributed by atoms with van der Waals surface area (Å²) in [4.78, 5) is 17.0. The molecule has 1 aliphatic rings. The normalized spacial score (nSPS) is 20.4. The van der Waals surface area contributed by atoms with Crippen LogP contribution in [0.3, 0.4) is 0 Å². The molecule has 1 aromatic rings. The van der Waals surface area contributed by atoms with E-state index >= 15 is 0 Å². The van der Waals surface area contributed by atoms with Crippen LogP contribution >= 0.6 is 11.3 Å². The Hall–Kier alpha value is -0.940. The zero-order valence-corrected chi connectivity index (χ0v) is 8.70. The first-order valence-electron chi connectivity index (χ1n) is 4.54. The smallest absolute Gasteiger partial charge is 0.309 e. The van der Waals surface area contributed by atoms with E-state index in [0.717, 1.165) is 5.01 Å². The lowest BCUT2D eigenvalue weighted by Crippen LogP contribution is -2.51. The van der Waals surface area contributed by atoms with Crippen LogP contribution < -0.4 is 0 Å². The van der Waals surface area contributed by atoms with E-state index in [4.69, 9.17) is 5.11 Å². The van der Waals surface area contributed by atoms with Gasteiger partial charge in [-0.2, -0.15) is 0 Å². The number of aromatic nitrogens is 1. The van der Waals surface area contributed by atoms with Gasteiger partial charge in [0.2, 0.25) is 0 Å². The molecular formula is C9H12N2O2S. The van der Waals surface area contributed by atoms with Crippen molar-refractivity contribution < 1.29 is 9.90 Å². The van der Waals surface area contributed by atoms with Gasteiger partial charge >= 0.3 is 5.97 Å². The fraction of sp³-hybridized carbons (Fsp3) is 0.556. The molecule has 0 amide bonds. The van der Waals surface area contributed by atoms with Crippen molar-refractivity contribution in [3.05, 3.63) is 16.6 Å². The summed E-state index contributed by atoms with van der Waals surface area (Å²) in [6, 6.07) is 0.255. The Morgan fingerprint density at radius 1 is 1.79 bits per heavy atom. The van der Waals surface area contributed by atoms with Gasteiger partial charge in [-0.1, -0.05) is 0 Å². The number of carbonyl (C=O) groups is 1. The number of carboxylic acids is 1. The minimum absolute atomic E-state index is 0.183. The van der Waals surface area contributed by atoms with Crippen LogP contribution in [0.15, 0.2) is 11.6 Å². The first-order valence-corrected chi connectivity index (χ1v) is 5.42. The van der Waals surface area contributed by atoms with Crippen molar-refractivity contribution in [1.29, 1.82) is 0 Å². The number of nitrogens with zero attached hydrogens (tertiary/aromatic N) is 2. The summed E-state index contributed by atoms with van der Waals surface area (Å²) in [5.74, 6) is -0.870. The molecule has 0 aromatic carbocycles. The minimum atomic E-state index is -0.687. The molecule has 1 aliphatic heterocycles. The molecule has 5 heteroatoms. The predicted octanol–water partition coefficient (Wildman–Crippen LogP) is 1.22. The van der Waals surface area contributed by atoms with Gasteiger partial charge in [-0.25, -0.2) is 4.98 Å². The maximum absolute atomic E-state index is 10.6. The lowest BCUT2D eigenvalue weighted by Gasteiger charge is -2.40. The Morgan fingerprint density at radius 2 is 2.50 bits per heavy atom. The number of likely N-dealkylation sites (tertiary alicyclic amines) is 1. The third-order valence-electron chi connectivity index (χ3n) is 2.62. The van der Waals surface area contributed by atoms with Crippen molar-refractivity contribution in [3.63, 3.8) is 0 Å². The third kappa shape index (κ3) is 1.65. The van der Waals surface area contributed by atoms with Crippen molar-refractivity contribution >= 4 is 17.3 Å². The minimum Gasteiger partial charge on any atom is -0.481 e. The Morgan fingerprint density at radius 3 is 3.00 bits per heavy atom. The van der Waals surface area contributed by atoms with E-state index in [2.05, 4.69) is 16.8 Å². The standard InChI is InChI=1S/C9H12N2O2S/c1-6(8-10-2-3-14-8)11-4-7(5-11)9(12)13/h2-3,6-7H,4-5H2,1H3,(H,12,13). The molecule has 1 fully saturated rings. The van der Waals surface area contributed by atoms with Crippen LogP contribution in [0.25, 0.3) is 0 Å².